The Kier molecular flexibility index (Phi) is 6.36. The van der Waals surface area contributed by atoms with Crippen molar-refractivity contribution >= 4 is 11.7 Å². The highest BCUT2D eigenvalue weighted by molar-refractivity contribution is 5.98. The first kappa shape index (κ1) is 18.4. The molecule has 4 nitrogen and oxygen atoms in total. The molecular weight excluding hydrogens is 323 g/mol. The first-order chi connectivity index (χ1) is 11.4. The minimum Gasteiger partial charge on any atom is -0.372 e. The van der Waals surface area contributed by atoms with Gasteiger partial charge in [-0.15, -0.1) is 0 Å². The van der Waals surface area contributed by atoms with Gasteiger partial charge in [-0.2, -0.15) is 13.2 Å². The molecule has 1 heterocycles. The lowest BCUT2D eigenvalue weighted by Crippen LogP contribution is -2.40. The predicted octanol–water partition coefficient (Wildman–Crippen LogP) is 3.08. The van der Waals surface area contributed by atoms with Gasteiger partial charge in [0.05, 0.1) is 13.0 Å². The van der Waals surface area contributed by atoms with Gasteiger partial charge in [0, 0.05) is 24.6 Å². The summed E-state index contributed by atoms with van der Waals surface area (Å²) >= 11 is 0. The van der Waals surface area contributed by atoms with Crippen LogP contribution in [0, 0.1) is 5.92 Å². The normalized spacial score (nSPS) is 16.2. The largest absolute Gasteiger partial charge is 0.411 e. The van der Waals surface area contributed by atoms with Crippen molar-refractivity contribution in [1.29, 1.82) is 0 Å². The van der Waals surface area contributed by atoms with Gasteiger partial charge in [0.15, 0.2) is 5.78 Å². The fourth-order valence-corrected chi connectivity index (χ4v) is 2.73. The highest BCUT2D eigenvalue weighted by Crippen LogP contribution is 2.22. The van der Waals surface area contributed by atoms with E-state index in [1.54, 1.807) is 17.0 Å². The standard InChI is InChI=1S/C17H20F3NO3/c18-17(19,20)12-24-11-8-15(22)21-9-6-14(7-10-21)16(23)13-4-2-1-3-5-13/h1-5,14H,6-12H2. The van der Waals surface area contributed by atoms with E-state index >= 15 is 0 Å². The second-order valence-electron chi connectivity index (χ2n) is 5.80. The number of ether oxygens (including phenoxy) is 1. The average molecular weight is 343 g/mol. The quantitative estimate of drug-likeness (QED) is 0.589. The van der Waals surface area contributed by atoms with Crippen molar-refractivity contribution in [2.45, 2.75) is 25.4 Å². The van der Waals surface area contributed by atoms with Gasteiger partial charge in [0.25, 0.3) is 0 Å². The zero-order valence-corrected chi connectivity index (χ0v) is 13.2. The van der Waals surface area contributed by atoms with Crippen LogP contribution in [0.25, 0.3) is 0 Å². The highest BCUT2D eigenvalue weighted by Gasteiger charge is 2.29. The van der Waals surface area contributed by atoms with Crippen LogP contribution in [0.2, 0.25) is 0 Å². The molecule has 0 atom stereocenters. The third-order valence-corrected chi connectivity index (χ3v) is 4.00. The molecule has 7 heteroatoms. The van der Waals surface area contributed by atoms with Crippen molar-refractivity contribution < 1.29 is 27.5 Å². The summed E-state index contributed by atoms with van der Waals surface area (Å²) in [5, 5.41) is 0. The molecule has 1 aromatic rings. The summed E-state index contributed by atoms with van der Waals surface area (Å²) < 4.78 is 40.3. The van der Waals surface area contributed by atoms with Crippen molar-refractivity contribution in [2.75, 3.05) is 26.3 Å². The summed E-state index contributed by atoms with van der Waals surface area (Å²) in [7, 11) is 0. The molecule has 0 radical (unpaired) electrons. The van der Waals surface area contributed by atoms with E-state index in [1.807, 2.05) is 18.2 Å². The maximum atomic E-state index is 12.4. The van der Waals surface area contributed by atoms with E-state index in [-0.39, 0.29) is 30.6 Å². The Labute approximate surface area is 138 Å². The molecular formula is C17H20F3NO3. The molecule has 2 rings (SSSR count). The number of hydrogen-bond donors (Lipinski definition) is 0. The smallest absolute Gasteiger partial charge is 0.372 e. The number of carbonyl (C=O) groups is 2. The molecule has 1 amide bonds. The molecule has 0 bridgehead atoms. The number of hydrogen-bond acceptors (Lipinski definition) is 3. The number of ketones is 1. The van der Waals surface area contributed by atoms with Crippen molar-refractivity contribution in [3.8, 4) is 0 Å². The number of rotatable bonds is 6. The summed E-state index contributed by atoms with van der Waals surface area (Å²) in [6.45, 7) is -0.697. The monoisotopic (exact) mass is 343 g/mol. The third kappa shape index (κ3) is 5.63. The number of piperidine rings is 1. The van der Waals surface area contributed by atoms with Crippen molar-refractivity contribution in [2.24, 2.45) is 5.92 Å². The first-order valence-corrected chi connectivity index (χ1v) is 7.88. The van der Waals surface area contributed by atoms with Crippen LogP contribution in [0.5, 0.6) is 0 Å². The number of likely N-dealkylation sites (tertiary alicyclic amines) is 1. The van der Waals surface area contributed by atoms with Gasteiger partial charge in [0.1, 0.15) is 6.61 Å². The molecule has 1 aromatic carbocycles. The molecule has 0 saturated carbocycles. The Bertz CT molecular complexity index is 552. The van der Waals surface area contributed by atoms with E-state index in [2.05, 4.69) is 4.74 Å². The second-order valence-corrected chi connectivity index (χ2v) is 5.80. The molecule has 1 fully saturated rings. The zero-order valence-electron chi connectivity index (χ0n) is 13.2. The van der Waals surface area contributed by atoms with Gasteiger partial charge in [-0.1, -0.05) is 30.3 Å². The summed E-state index contributed by atoms with van der Waals surface area (Å²) in [5.41, 5.74) is 0.669. The Morgan fingerprint density at radius 3 is 2.33 bits per heavy atom. The Balaban J connectivity index is 1.72. The van der Waals surface area contributed by atoms with E-state index in [1.165, 1.54) is 0 Å². The Hall–Kier alpha value is -1.89. The fourth-order valence-electron chi connectivity index (χ4n) is 2.73. The van der Waals surface area contributed by atoms with Crippen LogP contribution < -0.4 is 0 Å². The zero-order chi connectivity index (χ0) is 17.6. The predicted molar refractivity (Wildman–Crippen MR) is 81.6 cm³/mol. The van der Waals surface area contributed by atoms with Gasteiger partial charge < -0.3 is 9.64 Å². The fraction of sp³-hybridized carbons (Fsp3) is 0.529. The van der Waals surface area contributed by atoms with E-state index in [0.717, 1.165) is 0 Å². The van der Waals surface area contributed by atoms with Crippen molar-refractivity contribution in [3.05, 3.63) is 35.9 Å². The SMILES string of the molecule is O=C(c1ccccc1)C1CCN(C(=O)CCOCC(F)(F)F)CC1. The van der Waals surface area contributed by atoms with Crippen LogP contribution >= 0.6 is 0 Å². The third-order valence-electron chi connectivity index (χ3n) is 4.00. The topological polar surface area (TPSA) is 46.6 Å². The minimum atomic E-state index is -4.38. The number of Topliss-reactive ketones (excluding diaryl/α,β-unsaturated/α-hetero) is 1. The van der Waals surface area contributed by atoms with Crippen LogP contribution in [0.15, 0.2) is 30.3 Å². The van der Waals surface area contributed by atoms with Gasteiger partial charge in [-0.3, -0.25) is 9.59 Å². The van der Waals surface area contributed by atoms with Gasteiger partial charge in [-0.05, 0) is 12.8 Å². The molecule has 0 spiro atoms. The number of alkyl halides is 3. The van der Waals surface area contributed by atoms with Crippen LogP contribution in [-0.4, -0.2) is 49.1 Å². The first-order valence-electron chi connectivity index (χ1n) is 7.88. The van der Waals surface area contributed by atoms with E-state index < -0.39 is 12.8 Å². The summed E-state index contributed by atoms with van der Waals surface area (Å²) in [4.78, 5) is 25.9. The Morgan fingerprint density at radius 1 is 1.12 bits per heavy atom. The lowest BCUT2D eigenvalue weighted by Gasteiger charge is -2.31. The lowest BCUT2D eigenvalue weighted by molar-refractivity contribution is -0.175. The van der Waals surface area contributed by atoms with Crippen LogP contribution in [-0.2, 0) is 9.53 Å². The van der Waals surface area contributed by atoms with Crippen LogP contribution in [0.3, 0.4) is 0 Å². The van der Waals surface area contributed by atoms with Gasteiger partial charge in [-0.25, -0.2) is 0 Å². The maximum absolute atomic E-state index is 12.4. The molecule has 132 valence electrons. The van der Waals surface area contributed by atoms with Gasteiger partial charge in [0.2, 0.25) is 5.91 Å². The maximum Gasteiger partial charge on any atom is 0.411 e. The number of carbonyl (C=O) groups excluding carboxylic acids is 2. The second kappa shape index (κ2) is 8.28. The molecule has 0 unspecified atom stereocenters. The highest BCUT2D eigenvalue weighted by atomic mass is 19.4. The van der Waals surface area contributed by atoms with E-state index in [0.29, 0.717) is 31.5 Å². The van der Waals surface area contributed by atoms with Crippen molar-refractivity contribution in [1.82, 2.24) is 4.90 Å². The average Bonchev–Trinajstić information content (AvgIpc) is 2.58. The number of nitrogens with zero attached hydrogens (tertiary/aromatic N) is 1. The molecule has 0 N–H and O–H groups in total. The molecule has 1 saturated heterocycles. The summed E-state index contributed by atoms with van der Waals surface area (Å²) in [5.74, 6) is -0.267. The number of benzene rings is 1. The molecule has 1 aliphatic rings. The van der Waals surface area contributed by atoms with Crippen LogP contribution in [0.4, 0.5) is 13.2 Å². The Morgan fingerprint density at radius 2 is 1.75 bits per heavy atom. The molecule has 24 heavy (non-hydrogen) atoms. The summed E-state index contributed by atoms with van der Waals surface area (Å²) in [6, 6.07) is 9.02. The molecule has 0 aliphatic carbocycles. The lowest BCUT2D eigenvalue weighted by atomic mass is 9.89. The van der Waals surface area contributed by atoms with Gasteiger partial charge >= 0.3 is 6.18 Å². The number of halogens is 3. The molecule has 1 aliphatic heterocycles. The summed E-state index contributed by atoms with van der Waals surface area (Å²) in [6.07, 6.45) is -3.31. The van der Waals surface area contributed by atoms with Crippen molar-refractivity contribution in [3.63, 3.8) is 0 Å². The minimum absolute atomic E-state index is 0.0760. The van der Waals surface area contributed by atoms with E-state index in [4.69, 9.17) is 0 Å². The van der Waals surface area contributed by atoms with Crippen LogP contribution in [0.1, 0.15) is 29.6 Å². The molecule has 0 aromatic heterocycles. The van der Waals surface area contributed by atoms with E-state index in [9.17, 15) is 22.8 Å². The number of amides is 1.